The van der Waals surface area contributed by atoms with Crippen LogP contribution in [0, 0.1) is 13.8 Å². The molecule has 1 aliphatic heterocycles. The van der Waals surface area contributed by atoms with Crippen LogP contribution in [-0.2, 0) is 16.9 Å². The number of para-hydroxylation sites is 1. The first kappa shape index (κ1) is 26.7. The minimum atomic E-state index is -4.76. The molecule has 0 aliphatic carbocycles. The molecule has 1 aliphatic rings. The van der Waals surface area contributed by atoms with Crippen molar-refractivity contribution >= 4 is 40.4 Å². The molecule has 1 unspecified atom stereocenters. The molecule has 0 fully saturated rings. The van der Waals surface area contributed by atoms with E-state index in [0.29, 0.717) is 27.1 Å². The van der Waals surface area contributed by atoms with Crippen LogP contribution in [0.4, 0.5) is 18.9 Å². The number of thiocarbonyl (C=S) groups is 1. The zero-order chi connectivity index (χ0) is 27.7. The molecule has 39 heavy (non-hydrogen) atoms. The van der Waals surface area contributed by atoms with Gasteiger partial charge in [0.25, 0.3) is 0 Å². The molecule has 5 rings (SSSR count). The van der Waals surface area contributed by atoms with Gasteiger partial charge in [0.1, 0.15) is 23.5 Å². The van der Waals surface area contributed by atoms with E-state index in [2.05, 4.69) is 25.6 Å². The van der Waals surface area contributed by atoms with Crippen LogP contribution in [0.15, 0.2) is 77.0 Å². The molecule has 4 aromatic rings. The second-order valence-corrected chi connectivity index (χ2v) is 10.6. The smallest absolute Gasteiger partial charge is 0.573 e. The summed E-state index contributed by atoms with van der Waals surface area (Å²) < 4.78 is 56.3. The maximum absolute atomic E-state index is 13.2. The van der Waals surface area contributed by atoms with E-state index in [1.54, 1.807) is 23.2 Å². The van der Waals surface area contributed by atoms with Gasteiger partial charge >= 0.3 is 6.36 Å². The zero-order valence-corrected chi connectivity index (χ0v) is 22.4. The van der Waals surface area contributed by atoms with E-state index in [-0.39, 0.29) is 11.5 Å². The van der Waals surface area contributed by atoms with Crippen molar-refractivity contribution < 1.29 is 22.5 Å². The number of halogens is 3. The summed E-state index contributed by atoms with van der Waals surface area (Å²) in [6.45, 7) is 3.98. The zero-order valence-electron chi connectivity index (χ0n) is 20.7. The van der Waals surface area contributed by atoms with Gasteiger partial charge in [0, 0.05) is 17.4 Å². The number of hydrazone groups is 1. The largest absolute Gasteiger partial charge is 0.611 e. The van der Waals surface area contributed by atoms with E-state index in [4.69, 9.17) is 12.2 Å². The van der Waals surface area contributed by atoms with Crippen molar-refractivity contribution in [2.75, 3.05) is 5.32 Å². The highest BCUT2D eigenvalue weighted by Crippen LogP contribution is 2.38. The molecule has 0 radical (unpaired) electrons. The van der Waals surface area contributed by atoms with Crippen molar-refractivity contribution in [1.29, 1.82) is 0 Å². The number of aryl methyl sites for hydroxylation is 2. The Kier molecular flexibility index (Phi) is 7.34. The van der Waals surface area contributed by atoms with Crippen LogP contribution in [0.1, 0.15) is 22.4 Å². The summed E-state index contributed by atoms with van der Waals surface area (Å²) >= 11 is 3.98. The highest BCUT2D eigenvalue weighted by atomic mass is 32.2. The molecule has 0 spiro atoms. The summed E-state index contributed by atoms with van der Waals surface area (Å²) in [4.78, 5) is 5.13. The first-order valence-corrected chi connectivity index (χ1v) is 13.4. The molecular weight excluding hydrogens is 547 g/mol. The monoisotopic (exact) mass is 569 g/mol. The lowest BCUT2D eigenvalue weighted by molar-refractivity contribution is -0.274. The third-order valence-electron chi connectivity index (χ3n) is 6.09. The predicted octanol–water partition coefficient (Wildman–Crippen LogP) is 6.00. The Bertz CT molecular complexity index is 1550. The number of aromatic nitrogens is 2. The van der Waals surface area contributed by atoms with Gasteiger partial charge in [-0.05, 0) is 84.3 Å². The Morgan fingerprint density at radius 2 is 1.85 bits per heavy atom. The summed E-state index contributed by atoms with van der Waals surface area (Å²) in [5, 5.41) is 7.71. The van der Waals surface area contributed by atoms with E-state index in [1.807, 2.05) is 44.2 Å². The van der Waals surface area contributed by atoms with Crippen LogP contribution in [0.25, 0.3) is 16.9 Å². The van der Waals surface area contributed by atoms with Gasteiger partial charge in [0.15, 0.2) is 15.8 Å². The Morgan fingerprint density at radius 1 is 1.13 bits per heavy atom. The number of hydrogen-bond donors (Lipinski definition) is 2. The standard InChI is InChI=1S/C27H22F3N5O2S2/c1-16-4-3-5-17(2)24(16)33-26(38)34-32-13-18-6-11-21-23(12-18)39(36)14-22-25(21)31-15-35(22)19-7-9-20(10-8-19)37-27(28,29)30/h3-13,15H,14H2,1-2H3,(H2,33,34,38)/b32-13+. The lowest BCUT2D eigenvalue weighted by Gasteiger charge is -2.21. The number of fused-ring (bicyclic) bond motifs is 3. The minimum absolute atomic E-state index is 0.200. The van der Waals surface area contributed by atoms with E-state index >= 15 is 0 Å². The van der Waals surface area contributed by atoms with Gasteiger partial charge in [0.05, 0.1) is 11.8 Å². The van der Waals surface area contributed by atoms with Gasteiger partial charge in [-0.25, -0.2) is 4.98 Å². The van der Waals surface area contributed by atoms with Crippen LogP contribution < -0.4 is 15.5 Å². The molecule has 1 aromatic heterocycles. The molecule has 0 amide bonds. The minimum Gasteiger partial charge on any atom is -0.611 e. The summed E-state index contributed by atoms with van der Waals surface area (Å²) in [6.07, 6.45) is -1.60. The fourth-order valence-electron chi connectivity index (χ4n) is 4.29. The molecule has 2 heterocycles. The lowest BCUT2D eigenvalue weighted by atomic mass is 10.1. The Hall–Kier alpha value is -3.87. The van der Waals surface area contributed by atoms with Gasteiger partial charge in [-0.1, -0.05) is 24.3 Å². The third-order valence-corrected chi connectivity index (χ3v) is 7.65. The quantitative estimate of drug-likeness (QED) is 0.133. The predicted molar refractivity (Wildman–Crippen MR) is 149 cm³/mol. The number of nitrogens with one attached hydrogen (secondary N) is 2. The molecule has 12 heteroatoms. The van der Waals surface area contributed by atoms with Crippen LogP contribution in [0.5, 0.6) is 5.75 Å². The van der Waals surface area contributed by atoms with Gasteiger partial charge in [0.2, 0.25) is 0 Å². The highest BCUT2D eigenvalue weighted by Gasteiger charge is 2.32. The number of hydrogen-bond acceptors (Lipinski definition) is 5. The van der Waals surface area contributed by atoms with Crippen molar-refractivity contribution in [2.45, 2.75) is 30.9 Å². The van der Waals surface area contributed by atoms with Crippen LogP contribution in [0.3, 0.4) is 0 Å². The average Bonchev–Trinajstić information content (AvgIpc) is 3.30. The maximum Gasteiger partial charge on any atom is 0.573 e. The van der Waals surface area contributed by atoms with Gasteiger partial charge in [-0.3, -0.25) is 9.99 Å². The van der Waals surface area contributed by atoms with E-state index < -0.39 is 17.5 Å². The number of ether oxygens (including phenoxy) is 1. The normalized spacial score (nSPS) is 14.6. The molecule has 200 valence electrons. The fourth-order valence-corrected chi connectivity index (χ4v) is 5.80. The van der Waals surface area contributed by atoms with Gasteiger partial charge in [-0.15, -0.1) is 13.2 Å². The SMILES string of the molecule is Cc1cccc(C)c1NC(=S)N/N=C/c1ccc2c(c1)[S+]([O-])Cc1c-2ncn1-c1ccc(OC(F)(F)F)cc1. The third kappa shape index (κ3) is 5.92. The first-order valence-electron chi connectivity index (χ1n) is 11.7. The molecule has 0 saturated heterocycles. The number of rotatable bonds is 5. The Balaban J connectivity index is 1.31. The number of nitrogens with zero attached hydrogens (tertiary/aromatic N) is 3. The topological polar surface area (TPSA) is 86.5 Å². The summed E-state index contributed by atoms with van der Waals surface area (Å²) in [5.41, 5.74) is 9.27. The molecule has 7 nitrogen and oxygen atoms in total. The van der Waals surface area contributed by atoms with Crippen molar-refractivity contribution in [2.24, 2.45) is 5.10 Å². The average molecular weight is 570 g/mol. The van der Waals surface area contributed by atoms with E-state index in [0.717, 1.165) is 27.9 Å². The lowest BCUT2D eigenvalue weighted by Crippen LogP contribution is -2.24. The van der Waals surface area contributed by atoms with Crippen molar-refractivity contribution in [3.8, 4) is 22.7 Å². The fraction of sp³-hybridized carbons (Fsp3) is 0.148. The van der Waals surface area contributed by atoms with Gasteiger partial charge < -0.3 is 14.6 Å². The number of benzene rings is 3. The summed E-state index contributed by atoms with van der Waals surface area (Å²) in [7, 11) is 0. The van der Waals surface area contributed by atoms with Crippen LogP contribution in [-0.4, -0.2) is 31.8 Å². The van der Waals surface area contributed by atoms with E-state index in [9.17, 15) is 17.7 Å². The molecule has 3 aromatic carbocycles. The van der Waals surface area contributed by atoms with Crippen molar-refractivity contribution in [3.63, 3.8) is 0 Å². The summed E-state index contributed by atoms with van der Waals surface area (Å²) in [6, 6.07) is 16.9. The second kappa shape index (κ2) is 10.7. The molecule has 0 saturated carbocycles. The van der Waals surface area contributed by atoms with Crippen LogP contribution >= 0.6 is 12.2 Å². The molecule has 0 bridgehead atoms. The number of anilines is 1. The van der Waals surface area contributed by atoms with Gasteiger partial charge in [-0.2, -0.15) is 5.10 Å². The number of alkyl halides is 3. The van der Waals surface area contributed by atoms with Crippen molar-refractivity contribution in [3.05, 3.63) is 89.4 Å². The van der Waals surface area contributed by atoms with Crippen LogP contribution in [0.2, 0.25) is 0 Å². The van der Waals surface area contributed by atoms with E-state index in [1.165, 1.54) is 24.3 Å². The Morgan fingerprint density at radius 3 is 2.54 bits per heavy atom. The Labute approximate surface area is 230 Å². The summed E-state index contributed by atoms with van der Waals surface area (Å²) in [5.74, 6) is -0.120. The number of imidazole rings is 1. The molecular formula is C27H22F3N5O2S2. The second-order valence-electron chi connectivity index (χ2n) is 8.79. The highest BCUT2D eigenvalue weighted by molar-refractivity contribution is 7.90. The first-order chi connectivity index (χ1) is 18.6. The maximum atomic E-state index is 13.2. The van der Waals surface area contributed by atoms with Crippen molar-refractivity contribution in [1.82, 2.24) is 15.0 Å². The molecule has 1 atom stereocenters. The molecule has 2 N–H and O–H groups in total.